The molecule has 2 N–H and O–H groups in total. The molecule has 2 rings (SSSR count). The van der Waals surface area contributed by atoms with Gasteiger partial charge in [0.2, 0.25) is 0 Å². The van der Waals surface area contributed by atoms with Gasteiger partial charge in [-0.15, -0.1) is 0 Å². The van der Waals surface area contributed by atoms with Gasteiger partial charge in [-0.25, -0.2) is 9.67 Å². The van der Waals surface area contributed by atoms with Gasteiger partial charge >= 0.3 is 0 Å². The van der Waals surface area contributed by atoms with Crippen molar-refractivity contribution in [1.29, 1.82) is 0 Å². The van der Waals surface area contributed by atoms with Crippen LogP contribution in [0.3, 0.4) is 0 Å². The number of carbonyl (C=O) groups excluding carboxylic acids is 1. The second-order valence-electron chi connectivity index (χ2n) is 6.69. The number of rotatable bonds is 7. The zero-order valence-electron chi connectivity index (χ0n) is 14.3. The number of amides is 1. The standard InChI is InChI=1S/C17H26N4O2/c1-11(2)10-21-16-13(9-19-21)7-14(8-18-16)17(23)20-15(5-6-22)12(3)4/h7-9,11-12,15,22H,5-6,10H2,1-4H3,(H,20,23). The lowest BCUT2D eigenvalue weighted by Crippen LogP contribution is -2.39. The van der Waals surface area contributed by atoms with Gasteiger partial charge in [0.15, 0.2) is 5.65 Å². The highest BCUT2D eigenvalue weighted by Gasteiger charge is 2.18. The van der Waals surface area contributed by atoms with Crippen LogP contribution in [-0.4, -0.2) is 38.4 Å². The highest BCUT2D eigenvalue weighted by Crippen LogP contribution is 2.15. The molecule has 0 aliphatic rings. The van der Waals surface area contributed by atoms with Crippen molar-refractivity contribution in [2.45, 2.75) is 46.7 Å². The zero-order chi connectivity index (χ0) is 17.0. The third-order valence-corrected chi connectivity index (χ3v) is 3.84. The Morgan fingerprint density at radius 3 is 2.65 bits per heavy atom. The summed E-state index contributed by atoms with van der Waals surface area (Å²) < 4.78 is 1.87. The fourth-order valence-electron chi connectivity index (χ4n) is 2.54. The predicted molar refractivity (Wildman–Crippen MR) is 90.2 cm³/mol. The molecule has 23 heavy (non-hydrogen) atoms. The first-order valence-electron chi connectivity index (χ1n) is 8.15. The highest BCUT2D eigenvalue weighted by molar-refractivity contribution is 5.96. The number of hydrogen-bond donors (Lipinski definition) is 2. The molecule has 6 nitrogen and oxygen atoms in total. The molecule has 0 aliphatic carbocycles. The van der Waals surface area contributed by atoms with Crippen LogP contribution in [0, 0.1) is 11.8 Å². The van der Waals surface area contributed by atoms with E-state index in [2.05, 4.69) is 29.2 Å². The van der Waals surface area contributed by atoms with Crippen molar-refractivity contribution < 1.29 is 9.90 Å². The summed E-state index contributed by atoms with van der Waals surface area (Å²) in [5.74, 6) is 0.577. The Kier molecular flexibility index (Phi) is 5.71. The maximum absolute atomic E-state index is 12.4. The second-order valence-corrected chi connectivity index (χ2v) is 6.69. The van der Waals surface area contributed by atoms with Crippen molar-refractivity contribution in [2.24, 2.45) is 11.8 Å². The maximum Gasteiger partial charge on any atom is 0.253 e. The van der Waals surface area contributed by atoms with E-state index < -0.39 is 0 Å². The van der Waals surface area contributed by atoms with E-state index in [1.165, 1.54) is 0 Å². The van der Waals surface area contributed by atoms with Crippen LogP contribution in [0.1, 0.15) is 44.5 Å². The van der Waals surface area contributed by atoms with E-state index in [1.807, 2.05) is 24.6 Å². The average molecular weight is 318 g/mol. The first-order chi connectivity index (χ1) is 10.9. The first kappa shape index (κ1) is 17.4. The van der Waals surface area contributed by atoms with Crippen molar-refractivity contribution in [3.63, 3.8) is 0 Å². The molecule has 1 atom stereocenters. The minimum absolute atomic E-state index is 0.0492. The molecular formula is C17H26N4O2. The molecule has 0 aromatic carbocycles. The Labute approximate surface area is 136 Å². The van der Waals surface area contributed by atoms with Gasteiger partial charge in [0.25, 0.3) is 5.91 Å². The summed E-state index contributed by atoms with van der Waals surface area (Å²) in [7, 11) is 0. The molecule has 0 spiro atoms. The van der Waals surface area contributed by atoms with E-state index >= 15 is 0 Å². The number of nitrogens with zero attached hydrogens (tertiary/aromatic N) is 3. The smallest absolute Gasteiger partial charge is 0.253 e. The SMILES string of the molecule is CC(C)Cn1ncc2cc(C(=O)NC(CCO)C(C)C)cnc21. The van der Waals surface area contributed by atoms with Crippen molar-refractivity contribution in [3.05, 3.63) is 24.0 Å². The van der Waals surface area contributed by atoms with Crippen molar-refractivity contribution >= 4 is 16.9 Å². The molecule has 0 bridgehead atoms. The van der Waals surface area contributed by atoms with Crippen LogP contribution >= 0.6 is 0 Å². The molecule has 0 radical (unpaired) electrons. The Hall–Kier alpha value is -1.95. The van der Waals surface area contributed by atoms with Gasteiger partial charge in [-0.2, -0.15) is 5.10 Å². The number of aliphatic hydroxyl groups is 1. The lowest BCUT2D eigenvalue weighted by molar-refractivity contribution is 0.0916. The molecule has 2 aromatic heterocycles. The summed E-state index contributed by atoms with van der Waals surface area (Å²) in [4.78, 5) is 16.8. The molecule has 126 valence electrons. The lowest BCUT2D eigenvalue weighted by atomic mass is 10.0. The van der Waals surface area contributed by atoms with E-state index in [9.17, 15) is 4.79 Å². The summed E-state index contributed by atoms with van der Waals surface area (Å²) in [6.45, 7) is 9.16. The van der Waals surface area contributed by atoms with Gasteiger partial charge in [0.05, 0.1) is 11.8 Å². The van der Waals surface area contributed by atoms with Gasteiger partial charge < -0.3 is 10.4 Å². The van der Waals surface area contributed by atoms with Crippen molar-refractivity contribution in [1.82, 2.24) is 20.1 Å². The number of carbonyl (C=O) groups is 1. The number of nitrogens with one attached hydrogen (secondary N) is 1. The van der Waals surface area contributed by atoms with Crippen LogP contribution in [0.5, 0.6) is 0 Å². The Balaban J connectivity index is 2.18. The minimum atomic E-state index is -0.164. The lowest BCUT2D eigenvalue weighted by Gasteiger charge is -2.21. The fourth-order valence-corrected chi connectivity index (χ4v) is 2.54. The molecule has 0 fully saturated rings. The van der Waals surface area contributed by atoms with E-state index in [0.717, 1.165) is 17.6 Å². The van der Waals surface area contributed by atoms with Gasteiger partial charge in [-0.1, -0.05) is 27.7 Å². The van der Waals surface area contributed by atoms with E-state index in [4.69, 9.17) is 5.11 Å². The van der Waals surface area contributed by atoms with Crippen LogP contribution in [0.25, 0.3) is 11.0 Å². The fraction of sp³-hybridized carbons (Fsp3) is 0.588. The molecule has 6 heteroatoms. The van der Waals surface area contributed by atoms with Crippen LogP contribution in [0.15, 0.2) is 18.5 Å². The number of aliphatic hydroxyl groups excluding tert-OH is 1. The van der Waals surface area contributed by atoms with Gasteiger partial charge in [0.1, 0.15) is 0 Å². The summed E-state index contributed by atoms with van der Waals surface area (Å²) in [5.41, 5.74) is 1.32. The molecule has 0 aliphatic heterocycles. The minimum Gasteiger partial charge on any atom is -0.396 e. The van der Waals surface area contributed by atoms with E-state index in [0.29, 0.717) is 17.9 Å². The topological polar surface area (TPSA) is 80.0 Å². The normalized spacial score (nSPS) is 13.0. The quantitative estimate of drug-likeness (QED) is 0.820. The third-order valence-electron chi connectivity index (χ3n) is 3.84. The van der Waals surface area contributed by atoms with Gasteiger partial charge in [-0.05, 0) is 24.3 Å². The molecule has 1 unspecified atom stereocenters. The Morgan fingerprint density at radius 2 is 2.04 bits per heavy atom. The van der Waals surface area contributed by atoms with Crippen LogP contribution in [-0.2, 0) is 6.54 Å². The summed E-state index contributed by atoms with van der Waals surface area (Å²) in [6, 6.07) is 1.77. The summed E-state index contributed by atoms with van der Waals surface area (Å²) in [5, 5.41) is 17.3. The van der Waals surface area contributed by atoms with Crippen molar-refractivity contribution in [3.8, 4) is 0 Å². The number of hydrogen-bond acceptors (Lipinski definition) is 4. The monoisotopic (exact) mass is 318 g/mol. The third kappa shape index (κ3) is 4.28. The summed E-state index contributed by atoms with van der Waals surface area (Å²) >= 11 is 0. The molecule has 0 saturated carbocycles. The van der Waals surface area contributed by atoms with E-state index in [-0.39, 0.29) is 24.5 Å². The largest absolute Gasteiger partial charge is 0.396 e. The second kappa shape index (κ2) is 7.55. The molecular weight excluding hydrogens is 292 g/mol. The van der Waals surface area contributed by atoms with Crippen LogP contribution < -0.4 is 5.32 Å². The average Bonchev–Trinajstić information content (AvgIpc) is 2.88. The van der Waals surface area contributed by atoms with Crippen LogP contribution in [0.2, 0.25) is 0 Å². The summed E-state index contributed by atoms with van der Waals surface area (Å²) in [6.07, 6.45) is 3.88. The Bertz CT molecular complexity index is 664. The van der Waals surface area contributed by atoms with E-state index in [1.54, 1.807) is 12.4 Å². The van der Waals surface area contributed by atoms with Crippen LogP contribution in [0.4, 0.5) is 0 Å². The number of pyridine rings is 1. The predicted octanol–water partition coefficient (Wildman–Crippen LogP) is 2.22. The van der Waals surface area contributed by atoms with Gasteiger partial charge in [0, 0.05) is 30.8 Å². The number of aromatic nitrogens is 3. The molecule has 1 amide bonds. The molecule has 2 aromatic rings. The maximum atomic E-state index is 12.4. The number of fused-ring (bicyclic) bond motifs is 1. The molecule has 2 heterocycles. The first-order valence-corrected chi connectivity index (χ1v) is 8.15. The highest BCUT2D eigenvalue weighted by atomic mass is 16.3. The molecule has 0 saturated heterocycles. The van der Waals surface area contributed by atoms with Gasteiger partial charge in [-0.3, -0.25) is 4.79 Å². The zero-order valence-corrected chi connectivity index (χ0v) is 14.3. The van der Waals surface area contributed by atoms with Crippen molar-refractivity contribution in [2.75, 3.05) is 6.61 Å². The Morgan fingerprint density at radius 1 is 1.30 bits per heavy atom.